The van der Waals surface area contributed by atoms with Crippen molar-refractivity contribution in [2.24, 2.45) is 5.41 Å². The zero-order chi connectivity index (χ0) is 31.2. The van der Waals surface area contributed by atoms with Crippen molar-refractivity contribution in [3.05, 3.63) is 54.4 Å². The van der Waals surface area contributed by atoms with Crippen molar-refractivity contribution in [3.8, 4) is 11.3 Å². The first kappa shape index (κ1) is 31.7. The van der Waals surface area contributed by atoms with Crippen LogP contribution in [0.15, 0.2) is 48.8 Å². The summed E-state index contributed by atoms with van der Waals surface area (Å²) in [5, 5.41) is 12.3. The molecule has 11 heteroatoms. The summed E-state index contributed by atoms with van der Waals surface area (Å²) in [5.74, 6) is 1.11. The highest BCUT2D eigenvalue weighted by Gasteiger charge is 2.29. The molecule has 0 saturated carbocycles. The summed E-state index contributed by atoms with van der Waals surface area (Å²) in [4.78, 5) is 41.7. The van der Waals surface area contributed by atoms with Crippen LogP contribution in [0.3, 0.4) is 0 Å². The average Bonchev–Trinajstić information content (AvgIpc) is 2.92. The van der Waals surface area contributed by atoms with Crippen molar-refractivity contribution in [3.63, 3.8) is 0 Å². The van der Waals surface area contributed by atoms with Gasteiger partial charge in [0.25, 0.3) is 0 Å². The number of carbonyl (C=O) groups excluding carboxylic acids is 2. The third-order valence-electron chi connectivity index (χ3n) is 6.69. The Labute approximate surface area is 254 Å². The van der Waals surface area contributed by atoms with Crippen LogP contribution in [0.2, 0.25) is 0 Å². The minimum Gasteiger partial charge on any atom is -0.444 e. The highest BCUT2D eigenvalue weighted by Crippen LogP contribution is 2.27. The number of hydrogen-bond donors (Lipinski definition) is 4. The number of piperazine rings is 1. The predicted octanol–water partition coefficient (Wildman–Crippen LogP) is 5.27. The van der Waals surface area contributed by atoms with E-state index in [1.807, 2.05) is 64.1 Å². The van der Waals surface area contributed by atoms with Gasteiger partial charge in [-0.15, -0.1) is 0 Å². The Morgan fingerprint density at radius 3 is 2.35 bits per heavy atom. The van der Waals surface area contributed by atoms with Gasteiger partial charge in [-0.05, 0) is 75.4 Å². The van der Waals surface area contributed by atoms with Gasteiger partial charge in [0.1, 0.15) is 17.5 Å². The Morgan fingerprint density at radius 2 is 1.72 bits per heavy atom. The van der Waals surface area contributed by atoms with E-state index in [9.17, 15) is 9.59 Å². The molecule has 1 fully saturated rings. The lowest BCUT2D eigenvalue weighted by Crippen LogP contribution is -2.47. The SMILES string of the molecule is Cc1cc(NC(=O)[C@@H](CC(C)(C)C)NC(=O)OC(C)(C)C)ccc1-c1ccnc(Nc2ccc(N3CCNCC3)nc2)n1. The first-order chi connectivity index (χ1) is 20.3. The van der Waals surface area contributed by atoms with Gasteiger partial charge in [0.05, 0.1) is 17.6 Å². The quantitative estimate of drug-likeness (QED) is 0.278. The van der Waals surface area contributed by atoms with Crippen LogP contribution in [-0.4, -0.2) is 64.8 Å². The maximum atomic E-state index is 13.3. The molecule has 3 aromatic rings. The Bertz CT molecular complexity index is 1410. The van der Waals surface area contributed by atoms with Gasteiger partial charge in [0.15, 0.2) is 0 Å². The van der Waals surface area contributed by atoms with E-state index in [4.69, 9.17) is 9.72 Å². The fraction of sp³-hybridized carbons (Fsp3) is 0.469. The van der Waals surface area contributed by atoms with Crippen molar-refractivity contribution in [1.82, 2.24) is 25.6 Å². The maximum Gasteiger partial charge on any atom is 0.408 e. The average molecular weight is 589 g/mol. The number of carbonyl (C=O) groups is 2. The molecule has 0 radical (unpaired) electrons. The van der Waals surface area contributed by atoms with Crippen LogP contribution < -0.4 is 26.2 Å². The molecule has 1 saturated heterocycles. The fourth-order valence-corrected chi connectivity index (χ4v) is 4.77. The molecule has 2 amide bonds. The van der Waals surface area contributed by atoms with Gasteiger partial charge in [-0.1, -0.05) is 26.8 Å². The van der Waals surface area contributed by atoms with E-state index < -0.39 is 17.7 Å². The molecule has 43 heavy (non-hydrogen) atoms. The van der Waals surface area contributed by atoms with Crippen LogP contribution in [0.1, 0.15) is 53.5 Å². The first-order valence-electron chi connectivity index (χ1n) is 14.7. The molecule has 1 aliphatic rings. The molecule has 4 rings (SSSR count). The molecule has 11 nitrogen and oxygen atoms in total. The van der Waals surface area contributed by atoms with Crippen molar-refractivity contribution < 1.29 is 14.3 Å². The molecule has 0 unspecified atom stereocenters. The lowest BCUT2D eigenvalue weighted by molar-refractivity contribution is -0.118. The summed E-state index contributed by atoms with van der Waals surface area (Å²) in [6, 6.07) is 10.7. The number of benzene rings is 1. The Morgan fingerprint density at radius 1 is 1.00 bits per heavy atom. The van der Waals surface area contributed by atoms with E-state index in [-0.39, 0.29) is 11.3 Å². The zero-order valence-corrected chi connectivity index (χ0v) is 26.2. The highest BCUT2D eigenvalue weighted by atomic mass is 16.6. The van der Waals surface area contributed by atoms with Crippen LogP contribution in [0.5, 0.6) is 0 Å². The van der Waals surface area contributed by atoms with E-state index >= 15 is 0 Å². The summed E-state index contributed by atoms with van der Waals surface area (Å²) in [6.07, 6.45) is 3.32. The molecular formula is C32H44N8O3. The number of nitrogens with zero attached hydrogens (tertiary/aromatic N) is 4. The third kappa shape index (κ3) is 9.64. The number of ether oxygens (including phenoxy) is 1. The van der Waals surface area contributed by atoms with Gasteiger partial charge in [-0.3, -0.25) is 4.79 Å². The van der Waals surface area contributed by atoms with Crippen LogP contribution in [-0.2, 0) is 9.53 Å². The predicted molar refractivity (Wildman–Crippen MR) is 171 cm³/mol. The largest absolute Gasteiger partial charge is 0.444 e. The molecule has 2 aromatic heterocycles. The number of alkyl carbamates (subject to hydrolysis) is 1. The van der Waals surface area contributed by atoms with Crippen molar-refractivity contribution in [2.75, 3.05) is 41.7 Å². The van der Waals surface area contributed by atoms with Gasteiger partial charge in [-0.25, -0.2) is 19.7 Å². The van der Waals surface area contributed by atoms with E-state index in [0.29, 0.717) is 18.1 Å². The lowest BCUT2D eigenvalue weighted by atomic mass is 9.87. The summed E-state index contributed by atoms with van der Waals surface area (Å²) in [6.45, 7) is 17.2. The summed E-state index contributed by atoms with van der Waals surface area (Å²) in [5.41, 5.74) is 3.15. The molecule has 1 aliphatic heterocycles. The van der Waals surface area contributed by atoms with Crippen molar-refractivity contribution in [2.45, 2.75) is 66.5 Å². The number of hydrogen-bond acceptors (Lipinski definition) is 9. The van der Waals surface area contributed by atoms with Crippen LogP contribution in [0.25, 0.3) is 11.3 Å². The van der Waals surface area contributed by atoms with Crippen LogP contribution in [0, 0.1) is 12.3 Å². The second-order valence-electron chi connectivity index (χ2n) is 13.0. The standard InChI is InChI=1S/C32H44N8O3/c1-21-18-22(36-28(41)26(19-31(2,3)4)39-30(42)43-32(5,6)7)8-10-24(21)25-12-13-34-29(38-25)37-23-9-11-27(35-20-23)40-16-14-33-15-17-40/h8-13,18,20,26,33H,14-17,19H2,1-7H3,(H,36,41)(H,39,42)(H,34,37,38)/t26-/m1/s1. The molecule has 1 aromatic carbocycles. The van der Waals surface area contributed by atoms with Crippen molar-refractivity contribution >= 4 is 35.1 Å². The monoisotopic (exact) mass is 588 g/mol. The lowest BCUT2D eigenvalue weighted by Gasteiger charge is -2.28. The Hall–Kier alpha value is -4.25. The normalized spacial score (nSPS) is 14.5. The van der Waals surface area contributed by atoms with Gasteiger partial charge in [0.2, 0.25) is 11.9 Å². The third-order valence-corrected chi connectivity index (χ3v) is 6.69. The molecular weight excluding hydrogens is 544 g/mol. The first-order valence-corrected chi connectivity index (χ1v) is 14.7. The molecule has 0 aliphatic carbocycles. The topological polar surface area (TPSA) is 133 Å². The number of aryl methyl sites for hydroxylation is 1. The van der Waals surface area contributed by atoms with Gasteiger partial charge >= 0.3 is 6.09 Å². The minimum atomic E-state index is -0.759. The molecule has 0 spiro atoms. The van der Waals surface area contributed by atoms with Gasteiger partial charge in [0, 0.05) is 43.6 Å². The summed E-state index contributed by atoms with van der Waals surface area (Å²) >= 11 is 0. The van der Waals surface area contributed by atoms with Crippen LogP contribution in [0.4, 0.5) is 27.9 Å². The molecule has 3 heterocycles. The van der Waals surface area contributed by atoms with E-state index in [1.165, 1.54) is 0 Å². The second-order valence-corrected chi connectivity index (χ2v) is 13.0. The van der Waals surface area contributed by atoms with Crippen LogP contribution >= 0.6 is 0 Å². The highest BCUT2D eigenvalue weighted by molar-refractivity contribution is 5.97. The Balaban J connectivity index is 1.43. The van der Waals surface area contributed by atoms with E-state index in [1.54, 1.807) is 33.2 Å². The van der Waals surface area contributed by atoms with E-state index in [2.05, 4.69) is 36.1 Å². The van der Waals surface area contributed by atoms with Gasteiger partial charge < -0.3 is 30.9 Å². The number of nitrogens with one attached hydrogen (secondary N) is 4. The summed E-state index contributed by atoms with van der Waals surface area (Å²) in [7, 11) is 0. The minimum absolute atomic E-state index is 0.196. The summed E-state index contributed by atoms with van der Waals surface area (Å²) < 4.78 is 5.39. The molecule has 1 atom stereocenters. The maximum absolute atomic E-state index is 13.3. The van der Waals surface area contributed by atoms with Crippen molar-refractivity contribution in [1.29, 1.82) is 0 Å². The molecule has 230 valence electrons. The van der Waals surface area contributed by atoms with Gasteiger partial charge in [-0.2, -0.15) is 0 Å². The molecule has 0 bridgehead atoms. The smallest absolute Gasteiger partial charge is 0.408 e. The second kappa shape index (κ2) is 13.4. The number of amides is 2. The molecule has 4 N–H and O–H groups in total. The van der Waals surface area contributed by atoms with E-state index in [0.717, 1.165) is 54.5 Å². The fourth-order valence-electron chi connectivity index (χ4n) is 4.77. The number of anilines is 4. The number of rotatable bonds is 8. The Kier molecular flexibility index (Phi) is 9.85. The number of pyridine rings is 1. The number of aromatic nitrogens is 3. The zero-order valence-electron chi connectivity index (χ0n) is 26.2.